The number of ether oxygens (including phenoxy) is 1. The van der Waals surface area contributed by atoms with Crippen LogP contribution in [0.15, 0.2) is 24.3 Å². The lowest BCUT2D eigenvalue weighted by Gasteiger charge is -2.27. The van der Waals surface area contributed by atoms with Crippen molar-refractivity contribution in [2.24, 2.45) is 5.41 Å². The standard InChI is InChI=1S/C20H29N3O4/c1-19(2,3)27-18(26)21-12-20(4,5)17(25)23-15-11-10-13-8-6-7-9-14(13)22-16(15)24/h6-9,15H,10-12H2,1-5H3,(H,21,26)(H,22,24)(H,23,25)/t15-/m1/s1. The van der Waals surface area contributed by atoms with Crippen LogP contribution in [0.1, 0.15) is 46.6 Å². The van der Waals surface area contributed by atoms with Gasteiger partial charge in [-0.2, -0.15) is 0 Å². The molecule has 2 rings (SSSR count). The highest BCUT2D eigenvalue weighted by atomic mass is 16.6. The van der Waals surface area contributed by atoms with Crippen molar-refractivity contribution in [2.45, 2.75) is 59.1 Å². The normalized spacial score (nSPS) is 17.2. The smallest absolute Gasteiger partial charge is 0.407 e. The summed E-state index contributed by atoms with van der Waals surface area (Å²) in [6.07, 6.45) is 0.631. The first-order valence-corrected chi connectivity index (χ1v) is 9.14. The quantitative estimate of drug-likeness (QED) is 0.754. The third kappa shape index (κ3) is 5.98. The fourth-order valence-corrected chi connectivity index (χ4v) is 2.69. The van der Waals surface area contributed by atoms with E-state index in [0.717, 1.165) is 11.3 Å². The lowest BCUT2D eigenvalue weighted by molar-refractivity contribution is -0.132. The fraction of sp³-hybridized carbons (Fsp3) is 0.550. The van der Waals surface area contributed by atoms with E-state index in [0.29, 0.717) is 12.8 Å². The van der Waals surface area contributed by atoms with Gasteiger partial charge in [-0.1, -0.05) is 18.2 Å². The zero-order chi connectivity index (χ0) is 20.2. The second kappa shape index (κ2) is 7.98. The summed E-state index contributed by atoms with van der Waals surface area (Å²) in [7, 11) is 0. The van der Waals surface area contributed by atoms with E-state index >= 15 is 0 Å². The maximum atomic E-state index is 12.7. The molecule has 0 aromatic heterocycles. The predicted molar refractivity (Wildman–Crippen MR) is 103 cm³/mol. The molecule has 1 aromatic carbocycles. The number of carbonyl (C=O) groups excluding carboxylic acids is 3. The van der Waals surface area contributed by atoms with Gasteiger partial charge >= 0.3 is 6.09 Å². The van der Waals surface area contributed by atoms with E-state index in [2.05, 4.69) is 16.0 Å². The summed E-state index contributed by atoms with van der Waals surface area (Å²) in [4.78, 5) is 36.9. The molecule has 7 nitrogen and oxygen atoms in total. The summed E-state index contributed by atoms with van der Waals surface area (Å²) in [5.41, 5.74) is 0.332. The van der Waals surface area contributed by atoms with Crippen LogP contribution >= 0.6 is 0 Å². The van der Waals surface area contributed by atoms with Gasteiger partial charge in [0.2, 0.25) is 11.8 Å². The molecule has 3 amide bonds. The van der Waals surface area contributed by atoms with Crippen LogP contribution in [0.25, 0.3) is 0 Å². The van der Waals surface area contributed by atoms with Crippen molar-refractivity contribution in [2.75, 3.05) is 11.9 Å². The van der Waals surface area contributed by atoms with Gasteiger partial charge < -0.3 is 20.7 Å². The fourth-order valence-electron chi connectivity index (χ4n) is 2.69. The molecule has 0 spiro atoms. The third-order valence-corrected chi connectivity index (χ3v) is 4.29. The summed E-state index contributed by atoms with van der Waals surface area (Å²) in [5.74, 6) is -0.533. The second-order valence-electron chi connectivity index (χ2n) is 8.45. The highest BCUT2D eigenvalue weighted by molar-refractivity contribution is 5.99. The van der Waals surface area contributed by atoms with Crippen molar-refractivity contribution < 1.29 is 19.1 Å². The Balaban J connectivity index is 1.93. The van der Waals surface area contributed by atoms with Crippen LogP contribution in [0.3, 0.4) is 0 Å². The Morgan fingerprint density at radius 3 is 2.52 bits per heavy atom. The molecule has 7 heteroatoms. The van der Waals surface area contributed by atoms with Gasteiger partial charge in [-0.25, -0.2) is 4.79 Å². The molecule has 1 aromatic rings. The Morgan fingerprint density at radius 2 is 1.85 bits per heavy atom. The minimum atomic E-state index is -0.893. The Hall–Kier alpha value is -2.57. The van der Waals surface area contributed by atoms with Gasteiger partial charge in [0.15, 0.2) is 0 Å². The molecule has 0 unspecified atom stereocenters. The second-order valence-corrected chi connectivity index (χ2v) is 8.45. The molecule has 0 saturated carbocycles. The molecule has 1 aliphatic heterocycles. The Morgan fingerprint density at radius 1 is 1.19 bits per heavy atom. The number of rotatable bonds is 4. The molecule has 0 bridgehead atoms. The number of hydrogen-bond donors (Lipinski definition) is 3. The molecule has 1 heterocycles. The van der Waals surface area contributed by atoms with Crippen molar-refractivity contribution in [3.63, 3.8) is 0 Å². The monoisotopic (exact) mass is 375 g/mol. The first kappa shape index (κ1) is 20.7. The van der Waals surface area contributed by atoms with E-state index in [1.807, 2.05) is 24.3 Å². The molecule has 0 radical (unpaired) electrons. The average Bonchev–Trinajstić information content (AvgIpc) is 2.71. The molecule has 148 valence electrons. The van der Waals surface area contributed by atoms with Crippen LogP contribution in [0.2, 0.25) is 0 Å². The van der Waals surface area contributed by atoms with Crippen LogP contribution in [0.5, 0.6) is 0 Å². The molecule has 1 atom stereocenters. The van der Waals surface area contributed by atoms with Crippen LogP contribution in [-0.2, 0) is 20.7 Å². The average molecular weight is 375 g/mol. The minimum absolute atomic E-state index is 0.0995. The van der Waals surface area contributed by atoms with Crippen molar-refractivity contribution in [1.82, 2.24) is 10.6 Å². The number of aryl methyl sites for hydroxylation is 1. The molecular weight excluding hydrogens is 346 g/mol. The summed E-state index contributed by atoms with van der Waals surface area (Å²) in [6, 6.07) is 6.99. The van der Waals surface area contributed by atoms with Crippen molar-refractivity contribution >= 4 is 23.6 Å². The highest BCUT2D eigenvalue weighted by Crippen LogP contribution is 2.22. The van der Waals surface area contributed by atoms with Gasteiger partial charge in [-0.3, -0.25) is 9.59 Å². The SMILES string of the molecule is CC(C)(C)OC(=O)NCC(C)(C)C(=O)N[C@@H]1CCc2ccccc2NC1=O. The van der Waals surface area contributed by atoms with Crippen LogP contribution in [-0.4, -0.2) is 36.1 Å². The first-order valence-electron chi connectivity index (χ1n) is 9.14. The van der Waals surface area contributed by atoms with E-state index in [1.165, 1.54) is 0 Å². The van der Waals surface area contributed by atoms with Gasteiger partial charge in [0.1, 0.15) is 11.6 Å². The number of nitrogens with one attached hydrogen (secondary N) is 3. The Kier molecular flexibility index (Phi) is 6.13. The van der Waals surface area contributed by atoms with Gasteiger partial charge in [0.05, 0.1) is 5.41 Å². The number of benzene rings is 1. The maximum Gasteiger partial charge on any atom is 0.407 e. The summed E-state index contributed by atoms with van der Waals surface area (Å²) < 4.78 is 5.19. The molecule has 0 saturated heterocycles. The number of fused-ring (bicyclic) bond motifs is 1. The third-order valence-electron chi connectivity index (χ3n) is 4.29. The molecular formula is C20H29N3O4. The van der Waals surface area contributed by atoms with Gasteiger partial charge in [-0.05, 0) is 59.1 Å². The Labute approximate surface area is 160 Å². The lowest BCUT2D eigenvalue weighted by Crippen LogP contribution is -2.51. The molecule has 1 aliphatic rings. The number of carbonyl (C=O) groups is 3. The van der Waals surface area contributed by atoms with E-state index in [1.54, 1.807) is 34.6 Å². The number of anilines is 1. The number of alkyl carbamates (subject to hydrolysis) is 1. The maximum absolute atomic E-state index is 12.7. The van der Waals surface area contributed by atoms with Gasteiger partial charge in [0, 0.05) is 12.2 Å². The zero-order valence-corrected chi connectivity index (χ0v) is 16.6. The van der Waals surface area contributed by atoms with E-state index in [-0.39, 0.29) is 18.4 Å². The summed E-state index contributed by atoms with van der Waals surface area (Å²) >= 11 is 0. The summed E-state index contributed by atoms with van der Waals surface area (Å²) in [5, 5.41) is 8.29. The van der Waals surface area contributed by atoms with E-state index < -0.39 is 23.2 Å². The molecule has 0 aliphatic carbocycles. The molecule has 3 N–H and O–H groups in total. The van der Waals surface area contributed by atoms with Gasteiger partial charge in [0.25, 0.3) is 0 Å². The predicted octanol–water partition coefficient (Wildman–Crippen LogP) is 2.61. The number of hydrogen-bond acceptors (Lipinski definition) is 4. The van der Waals surface area contributed by atoms with Crippen molar-refractivity contribution in [3.8, 4) is 0 Å². The lowest BCUT2D eigenvalue weighted by atomic mass is 9.91. The van der Waals surface area contributed by atoms with Crippen LogP contribution < -0.4 is 16.0 Å². The van der Waals surface area contributed by atoms with E-state index in [4.69, 9.17) is 4.74 Å². The van der Waals surface area contributed by atoms with Crippen molar-refractivity contribution in [1.29, 1.82) is 0 Å². The van der Waals surface area contributed by atoms with E-state index in [9.17, 15) is 14.4 Å². The zero-order valence-electron chi connectivity index (χ0n) is 16.6. The largest absolute Gasteiger partial charge is 0.444 e. The van der Waals surface area contributed by atoms with Gasteiger partial charge in [-0.15, -0.1) is 0 Å². The van der Waals surface area contributed by atoms with Crippen molar-refractivity contribution in [3.05, 3.63) is 29.8 Å². The minimum Gasteiger partial charge on any atom is -0.444 e. The molecule has 27 heavy (non-hydrogen) atoms. The van der Waals surface area contributed by atoms with Crippen LogP contribution in [0, 0.1) is 5.41 Å². The highest BCUT2D eigenvalue weighted by Gasteiger charge is 2.33. The number of para-hydroxylation sites is 1. The topological polar surface area (TPSA) is 96.5 Å². The summed E-state index contributed by atoms with van der Waals surface area (Å²) in [6.45, 7) is 8.84. The Bertz CT molecular complexity index is 722. The molecule has 0 fully saturated rings. The van der Waals surface area contributed by atoms with Crippen LogP contribution in [0.4, 0.5) is 10.5 Å². The number of amides is 3. The first-order chi connectivity index (χ1) is 12.5.